The Morgan fingerprint density at radius 3 is 2.31 bits per heavy atom. The van der Waals surface area contributed by atoms with Crippen molar-refractivity contribution in [2.45, 2.75) is 0 Å². The summed E-state index contributed by atoms with van der Waals surface area (Å²) in [6.45, 7) is 0. The molecule has 1 aliphatic heterocycles. The van der Waals surface area contributed by atoms with Gasteiger partial charge >= 0.3 is 0 Å². The van der Waals surface area contributed by atoms with Crippen LogP contribution in [0.15, 0.2) is 81.9 Å². The van der Waals surface area contributed by atoms with Crippen LogP contribution in [0.4, 0.5) is 5.69 Å². The summed E-state index contributed by atoms with van der Waals surface area (Å²) in [7, 11) is 4.75. The third-order valence-electron chi connectivity index (χ3n) is 4.99. The van der Waals surface area contributed by atoms with Crippen molar-refractivity contribution in [2.75, 3.05) is 26.2 Å². The predicted molar refractivity (Wildman–Crippen MR) is 129 cm³/mol. The Hall–Kier alpha value is -3.58. The minimum atomic E-state index is -0.237. The average molecular weight is 493 g/mol. The summed E-state index contributed by atoms with van der Waals surface area (Å²) in [5.74, 6) is 2.08. The van der Waals surface area contributed by atoms with E-state index >= 15 is 0 Å². The number of rotatable bonds is 6. The zero-order valence-corrected chi connectivity index (χ0v) is 19.4. The SMILES string of the molecule is COc1ccc(/C=C2/N=C(c3ccccc3OC)N(c3cccc(Br)c3)C2=O)cc1OC. The van der Waals surface area contributed by atoms with Gasteiger partial charge in [0.2, 0.25) is 0 Å². The highest BCUT2D eigenvalue weighted by Crippen LogP contribution is 2.33. The molecule has 0 aromatic heterocycles. The lowest BCUT2D eigenvalue weighted by Gasteiger charge is -2.20. The van der Waals surface area contributed by atoms with E-state index in [9.17, 15) is 4.79 Å². The Morgan fingerprint density at radius 2 is 1.59 bits per heavy atom. The van der Waals surface area contributed by atoms with E-state index in [0.717, 1.165) is 15.6 Å². The van der Waals surface area contributed by atoms with Gasteiger partial charge in [0.25, 0.3) is 5.91 Å². The lowest BCUT2D eigenvalue weighted by atomic mass is 10.1. The van der Waals surface area contributed by atoms with Gasteiger partial charge in [0, 0.05) is 4.47 Å². The fourth-order valence-corrected chi connectivity index (χ4v) is 3.87. The molecule has 0 atom stereocenters. The normalized spacial score (nSPS) is 14.5. The van der Waals surface area contributed by atoms with Crippen molar-refractivity contribution in [2.24, 2.45) is 4.99 Å². The van der Waals surface area contributed by atoms with Crippen LogP contribution in [-0.2, 0) is 4.79 Å². The van der Waals surface area contributed by atoms with E-state index < -0.39 is 0 Å². The number of hydrogen-bond donors (Lipinski definition) is 0. The number of benzene rings is 3. The quantitative estimate of drug-likeness (QED) is 0.437. The summed E-state index contributed by atoms with van der Waals surface area (Å²) in [5.41, 5.74) is 2.49. The summed E-state index contributed by atoms with van der Waals surface area (Å²) in [6.07, 6.45) is 1.73. The summed E-state index contributed by atoms with van der Waals surface area (Å²) >= 11 is 3.49. The van der Waals surface area contributed by atoms with Gasteiger partial charge in [0.15, 0.2) is 17.3 Å². The zero-order valence-electron chi connectivity index (χ0n) is 17.8. The van der Waals surface area contributed by atoms with E-state index in [-0.39, 0.29) is 5.91 Å². The van der Waals surface area contributed by atoms with Crippen LogP contribution in [0, 0.1) is 0 Å². The Kier molecular flexibility index (Phi) is 6.28. The first-order valence-electron chi connectivity index (χ1n) is 9.81. The van der Waals surface area contributed by atoms with Crippen molar-refractivity contribution >= 4 is 39.4 Å². The van der Waals surface area contributed by atoms with Crippen molar-refractivity contribution < 1.29 is 19.0 Å². The second kappa shape index (κ2) is 9.28. The van der Waals surface area contributed by atoms with Crippen LogP contribution in [0.5, 0.6) is 17.2 Å². The molecule has 0 bridgehead atoms. The van der Waals surface area contributed by atoms with Gasteiger partial charge in [-0.25, -0.2) is 4.99 Å². The highest BCUT2D eigenvalue weighted by molar-refractivity contribution is 9.10. The topological polar surface area (TPSA) is 60.4 Å². The molecule has 0 spiro atoms. The first-order chi connectivity index (χ1) is 15.5. The molecule has 4 rings (SSSR count). The smallest absolute Gasteiger partial charge is 0.282 e. The number of hydrogen-bond acceptors (Lipinski definition) is 5. The molecule has 0 fully saturated rings. The lowest BCUT2D eigenvalue weighted by Crippen LogP contribution is -2.32. The van der Waals surface area contributed by atoms with Gasteiger partial charge in [0.1, 0.15) is 11.4 Å². The van der Waals surface area contributed by atoms with Crippen LogP contribution >= 0.6 is 15.9 Å². The molecule has 0 unspecified atom stereocenters. The first kappa shape index (κ1) is 21.6. The Balaban J connectivity index is 1.85. The van der Waals surface area contributed by atoms with Crippen molar-refractivity contribution in [3.63, 3.8) is 0 Å². The van der Waals surface area contributed by atoms with Crippen LogP contribution in [0.25, 0.3) is 6.08 Å². The van der Waals surface area contributed by atoms with E-state index in [4.69, 9.17) is 19.2 Å². The van der Waals surface area contributed by atoms with Crippen LogP contribution in [0.1, 0.15) is 11.1 Å². The van der Waals surface area contributed by atoms with E-state index in [1.807, 2.05) is 54.6 Å². The van der Waals surface area contributed by atoms with E-state index in [1.54, 1.807) is 44.4 Å². The summed E-state index contributed by atoms with van der Waals surface area (Å²) < 4.78 is 17.1. The second-order valence-electron chi connectivity index (χ2n) is 6.90. The third kappa shape index (κ3) is 4.11. The molecule has 7 heteroatoms. The Labute approximate surface area is 194 Å². The number of ether oxygens (including phenoxy) is 3. The lowest BCUT2D eigenvalue weighted by molar-refractivity contribution is -0.113. The molecule has 0 saturated carbocycles. The van der Waals surface area contributed by atoms with E-state index in [2.05, 4.69) is 15.9 Å². The van der Waals surface area contributed by atoms with Crippen LogP contribution in [-0.4, -0.2) is 33.1 Å². The fourth-order valence-electron chi connectivity index (χ4n) is 3.48. The Morgan fingerprint density at radius 1 is 0.844 bits per heavy atom. The molecule has 3 aromatic rings. The van der Waals surface area contributed by atoms with E-state index in [1.165, 1.54) is 0 Å². The molecule has 162 valence electrons. The van der Waals surface area contributed by atoms with Gasteiger partial charge in [-0.1, -0.05) is 40.2 Å². The maximum Gasteiger partial charge on any atom is 0.282 e. The van der Waals surface area contributed by atoms with Crippen molar-refractivity contribution in [1.29, 1.82) is 0 Å². The monoisotopic (exact) mass is 492 g/mol. The largest absolute Gasteiger partial charge is 0.496 e. The molecule has 1 amide bonds. The van der Waals surface area contributed by atoms with Gasteiger partial charge in [-0.2, -0.15) is 0 Å². The molecule has 6 nitrogen and oxygen atoms in total. The first-order valence-corrected chi connectivity index (χ1v) is 10.6. The number of carbonyl (C=O) groups excluding carboxylic acids is 1. The number of carbonyl (C=O) groups is 1. The summed E-state index contributed by atoms with van der Waals surface area (Å²) in [4.78, 5) is 19.8. The predicted octanol–water partition coefficient (Wildman–Crippen LogP) is 5.31. The second-order valence-corrected chi connectivity index (χ2v) is 7.82. The number of aliphatic imine (C=N–C) groups is 1. The molecule has 0 N–H and O–H groups in total. The number of halogens is 1. The number of para-hydroxylation sites is 1. The molecule has 3 aromatic carbocycles. The molecule has 0 aliphatic carbocycles. The van der Waals surface area contributed by atoms with Crippen LogP contribution in [0.2, 0.25) is 0 Å². The van der Waals surface area contributed by atoms with Gasteiger partial charge in [-0.05, 0) is 54.1 Å². The maximum atomic E-state index is 13.5. The zero-order chi connectivity index (χ0) is 22.7. The molecule has 32 heavy (non-hydrogen) atoms. The molecule has 1 aliphatic rings. The number of nitrogens with zero attached hydrogens (tertiary/aromatic N) is 2. The summed E-state index contributed by atoms with van der Waals surface area (Å²) in [6, 6.07) is 20.5. The minimum absolute atomic E-state index is 0.237. The van der Waals surface area contributed by atoms with Crippen molar-refractivity contribution in [1.82, 2.24) is 0 Å². The average Bonchev–Trinajstić information content (AvgIpc) is 3.14. The van der Waals surface area contributed by atoms with Crippen LogP contribution in [0.3, 0.4) is 0 Å². The van der Waals surface area contributed by atoms with E-state index in [0.29, 0.717) is 34.5 Å². The van der Waals surface area contributed by atoms with Gasteiger partial charge < -0.3 is 14.2 Å². The van der Waals surface area contributed by atoms with Gasteiger partial charge in [-0.15, -0.1) is 0 Å². The number of anilines is 1. The number of methoxy groups -OCH3 is 3. The summed E-state index contributed by atoms with van der Waals surface area (Å²) in [5, 5.41) is 0. The molecular weight excluding hydrogens is 472 g/mol. The van der Waals surface area contributed by atoms with Gasteiger partial charge in [-0.3, -0.25) is 9.69 Å². The van der Waals surface area contributed by atoms with Crippen molar-refractivity contribution in [3.8, 4) is 17.2 Å². The molecule has 1 heterocycles. The maximum absolute atomic E-state index is 13.5. The number of amidine groups is 1. The number of amides is 1. The molecule has 0 saturated heterocycles. The highest BCUT2D eigenvalue weighted by Gasteiger charge is 2.34. The Bertz CT molecular complexity index is 1240. The van der Waals surface area contributed by atoms with Gasteiger partial charge in [0.05, 0.1) is 32.6 Å². The third-order valence-corrected chi connectivity index (χ3v) is 5.48. The standard InChI is InChI=1S/C25H21BrN2O4/c1-30-21-10-5-4-9-19(21)24-27-20(13-16-11-12-22(31-2)23(14-16)32-3)25(29)28(24)18-8-6-7-17(26)15-18/h4-15H,1-3H3/b20-13+. The van der Waals surface area contributed by atoms with Crippen LogP contribution < -0.4 is 19.1 Å². The minimum Gasteiger partial charge on any atom is -0.496 e. The fraction of sp³-hybridized carbons (Fsp3) is 0.120. The van der Waals surface area contributed by atoms with Crippen molar-refractivity contribution in [3.05, 3.63) is 88.0 Å². The highest BCUT2D eigenvalue weighted by atomic mass is 79.9. The molecule has 0 radical (unpaired) electrons. The molecular formula is C25H21BrN2O4.